The third-order valence-corrected chi connectivity index (χ3v) is 5.45. The molecule has 0 radical (unpaired) electrons. The third kappa shape index (κ3) is 7.56. The molecule has 0 atom stereocenters. The van der Waals surface area contributed by atoms with E-state index in [1.165, 1.54) is 12.1 Å². The molecule has 0 fully saturated rings. The van der Waals surface area contributed by atoms with Gasteiger partial charge in [-0.05, 0) is 70.9 Å². The number of amides is 1. The molecule has 0 saturated heterocycles. The van der Waals surface area contributed by atoms with E-state index >= 15 is 0 Å². The van der Waals surface area contributed by atoms with Crippen LogP contribution in [0.4, 0.5) is 16.2 Å². The summed E-state index contributed by atoms with van der Waals surface area (Å²) in [6.07, 6.45) is -0.00767. The number of sulfonamides is 1. The van der Waals surface area contributed by atoms with Crippen molar-refractivity contribution in [1.29, 1.82) is 0 Å². The second kappa shape index (κ2) is 8.93. The SMILES string of the molecule is CC(C)(Cc1ccc(NS(=O)(=O)c2ccc([N+](=O)[O-])cc2)cc1)NC(=O)OC(C)(C)C. The van der Waals surface area contributed by atoms with Gasteiger partial charge in [0, 0.05) is 23.4 Å². The summed E-state index contributed by atoms with van der Waals surface area (Å²) in [5, 5.41) is 13.5. The number of nitrogens with one attached hydrogen (secondary N) is 2. The van der Waals surface area contributed by atoms with Crippen molar-refractivity contribution in [2.24, 2.45) is 0 Å². The predicted octanol–water partition coefficient (Wildman–Crippen LogP) is 4.24. The summed E-state index contributed by atoms with van der Waals surface area (Å²) in [5.74, 6) is 0. The molecule has 2 N–H and O–H groups in total. The van der Waals surface area contributed by atoms with E-state index < -0.39 is 32.2 Å². The lowest BCUT2D eigenvalue weighted by Gasteiger charge is -2.28. The summed E-state index contributed by atoms with van der Waals surface area (Å²) in [4.78, 5) is 22.1. The van der Waals surface area contributed by atoms with Crippen molar-refractivity contribution < 1.29 is 22.9 Å². The number of benzene rings is 2. The number of carbonyl (C=O) groups excluding carboxylic acids is 1. The highest BCUT2D eigenvalue weighted by Crippen LogP contribution is 2.21. The lowest BCUT2D eigenvalue weighted by molar-refractivity contribution is -0.384. The average Bonchev–Trinajstić information content (AvgIpc) is 2.60. The first-order valence-electron chi connectivity index (χ1n) is 9.54. The van der Waals surface area contributed by atoms with Gasteiger partial charge in [-0.2, -0.15) is 0 Å². The number of alkyl carbamates (subject to hydrolysis) is 1. The Labute approximate surface area is 182 Å². The number of anilines is 1. The first-order chi connectivity index (χ1) is 14.2. The fourth-order valence-corrected chi connectivity index (χ4v) is 3.84. The molecule has 0 bridgehead atoms. The van der Waals surface area contributed by atoms with Crippen LogP contribution < -0.4 is 10.0 Å². The van der Waals surface area contributed by atoms with E-state index in [-0.39, 0.29) is 10.6 Å². The highest BCUT2D eigenvalue weighted by Gasteiger charge is 2.25. The van der Waals surface area contributed by atoms with Gasteiger partial charge in [-0.3, -0.25) is 14.8 Å². The van der Waals surface area contributed by atoms with Crippen LogP contribution in [0.1, 0.15) is 40.2 Å². The van der Waals surface area contributed by atoms with E-state index in [9.17, 15) is 23.3 Å². The van der Waals surface area contributed by atoms with Crippen LogP contribution in [0.5, 0.6) is 0 Å². The summed E-state index contributed by atoms with van der Waals surface area (Å²) in [5.41, 5.74) is -0.129. The molecule has 0 heterocycles. The third-order valence-electron chi connectivity index (χ3n) is 4.05. The van der Waals surface area contributed by atoms with Crippen LogP contribution >= 0.6 is 0 Å². The number of hydrogen-bond donors (Lipinski definition) is 2. The minimum Gasteiger partial charge on any atom is -0.444 e. The molecule has 0 spiro atoms. The van der Waals surface area contributed by atoms with Gasteiger partial charge in [0.05, 0.1) is 9.82 Å². The lowest BCUT2D eigenvalue weighted by atomic mass is 9.95. The van der Waals surface area contributed by atoms with Crippen molar-refractivity contribution in [2.45, 2.75) is 57.1 Å². The minimum absolute atomic E-state index is 0.0788. The molecule has 2 rings (SSSR count). The molecule has 168 valence electrons. The number of ether oxygens (including phenoxy) is 1. The molecule has 0 aliphatic rings. The molecule has 0 saturated carbocycles. The number of carbonyl (C=O) groups is 1. The summed E-state index contributed by atoms with van der Waals surface area (Å²) in [7, 11) is -3.88. The van der Waals surface area contributed by atoms with Gasteiger partial charge in [0.25, 0.3) is 15.7 Å². The van der Waals surface area contributed by atoms with Gasteiger partial charge >= 0.3 is 6.09 Å². The van der Waals surface area contributed by atoms with Gasteiger partial charge in [-0.25, -0.2) is 13.2 Å². The van der Waals surface area contributed by atoms with E-state index in [1.807, 2.05) is 13.8 Å². The molecular weight excluding hydrogens is 422 g/mol. The van der Waals surface area contributed by atoms with Crippen molar-refractivity contribution >= 4 is 27.5 Å². The topological polar surface area (TPSA) is 128 Å². The van der Waals surface area contributed by atoms with Gasteiger partial charge in [0.2, 0.25) is 0 Å². The molecular formula is C21H27N3O6S. The lowest BCUT2D eigenvalue weighted by Crippen LogP contribution is -2.47. The Morgan fingerprint density at radius 2 is 1.55 bits per heavy atom. The maximum Gasteiger partial charge on any atom is 0.408 e. The van der Waals surface area contributed by atoms with Crippen LogP contribution in [0, 0.1) is 10.1 Å². The standard InChI is InChI=1S/C21H27N3O6S/c1-20(2,3)30-19(25)22-21(4,5)14-15-6-8-16(9-7-15)23-31(28,29)18-12-10-17(11-13-18)24(26)27/h6-13,23H,14H2,1-5H3,(H,22,25). The maximum absolute atomic E-state index is 12.5. The van der Waals surface area contributed by atoms with Crippen molar-refractivity contribution in [2.75, 3.05) is 4.72 Å². The van der Waals surface area contributed by atoms with E-state index in [0.29, 0.717) is 12.1 Å². The number of nitro benzene ring substituents is 1. The normalized spacial score (nSPS) is 12.2. The van der Waals surface area contributed by atoms with Crippen LogP contribution in [0.25, 0.3) is 0 Å². The number of nitrogens with zero attached hydrogens (tertiary/aromatic N) is 1. The fraction of sp³-hybridized carbons (Fsp3) is 0.381. The van der Waals surface area contributed by atoms with Crippen molar-refractivity contribution in [3.63, 3.8) is 0 Å². The Balaban J connectivity index is 2.04. The summed E-state index contributed by atoms with van der Waals surface area (Å²) in [6, 6.07) is 11.4. The molecule has 0 aliphatic carbocycles. The molecule has 2 aromatic rings. The van der Waals surface area contributed by atoms with Crippen LogP contribution in [-0.2, 0) is 21.2 Å². The minimum atomic E-state index is -3.88. The second-order valence-electron chi connectivity index (χ2n) is 8.74. The molecule has 1 amide bonds. The highest BCUT2D eigenvalue weighted by atomic mass is 32.2. The number of rotatable bonds is 7. The van der Waals surface area contributed by atoms with Gasteiger partial charge in [-0.15, -0.1) is 0 Å². The molecule has 10 heteroatoms. The number of nitro groups is 1. The number of non-ortho nitro benzene ring substituents is 1. The van der Waals surface area contributed by atoms with Crippen molar-refractivity contribution in [3.05, 3.63) is 64.2 Å². The van der Waals surface area contributed by atoms with E-state index in [0.717, 1.165) is 17.7 Å². The quantitative estimate of drug-likeness (QED) is 0.481. The Morgan fingerprint density at radius 3 is 2.03 bits per heavy atom. The fourth-order valence-electron chi connectivity index (χ4n) is 2.79. The molecule has 0 unspecified atom stereocenters. The van der Waals surface area contributed by atoms with Crippen LogP contribution in [0.3, 0.4) is 0 Å². The zero-order valence-corrected chi connectivity index (χ0v) is 18.9. The van der Waals surface area contributed by atoms with E-state index in [1.54, 1.807) is 45.0 Å². The highest BCUT2D eigenvalue weighted by molar-refractivity contribution is 7.92. The largest absolute Gasteiger partial charge is 0.444 e. The maximum atomic E-state index is 12.5. The van der Waals surface area contributed by atoms with Crippen LogP contribution in [-0.4, -0.2) is 30.6 Å². The monoisotopic (exact) mass is 449 g/mol. The Morgan fingerprint density at radius 1 is 1.00 bits per heavy atom. The van der Waals surface area contributed by atoms with Crippen molar-refractivity contribution in [3.8, 4) is 0 Å². The second-order valence-corrected chi connectivity index (χ2v) is 10.4. The van der Waals surface area contributed by atoms with Gasteiger partial charge in [-0.1, -0.05) is 12.1 Å². The van der Waals surface area contributed by atoms with Crippen LogP contribution in [0.15, 0.2) is 53.4 Å². The average molecular weight is 450 g/mol. The van der Waals surface area contributed by atoms with E-state index in [4.69, 9.17) is 4.74 Å². The van der Waals surface area contributed by atoms with Crippen LogP contribution in [0.2, 0.25) is 0 Å². The Hall–Kier alpha value is -3.14. The molecule has 9 nitrogen and oxygen atoms in total. The smallest absolute Gasteiger partial charge is 0.408 e. The Bertz CT molecular complexity index is 1040. The predicted molar refractivity (Wildman–Crippen MR) is 117 cm³/mol. The Kier molecular flexibility index (Phi) is 6.95. The van der Waals surface area contributed by atoms with Gasteiger partial charge < -0.3 is 10.1 Å². The summed E-state index contributed by atoms with van der Waals surface area (Å²) >= 11 is 0. The molecule has 0 aromatic heterocycles. The zero-order valence-electron chi connectivity index (χ0n) is 18.1. The number of hydrogen-bond acceptors (Lipinski definition) is 6. The van der Waals surface area contributed by atoms with Gasteiger partial charge in [0.15, 0.2) is 0 Å². The molecule has 0 aliphatic heterocycles. The first-order valence-corrected chi connectivity index (χ1v) is 11.0. The molecule has 2 aromatic carbocycles. The zero-order chi connectivity index (χ0) is 23.4. The molecule has 31 heavy (non-hydrogen) atoms. The summed E-state index contributed by atoms with van der Waals surface area (Å²) in [6.45, 7) is 9.09. The van der Waals surface area contributed by atoms with Gasteiger partial charge in [0.1, 0.15) is 5.60 Å². The van der Waals surface area contributed by atoms with Crippen molar-refractivity contribution in [1.82, 2.24) is 5.32 Å². The first kappa shape index (κ1) is 24.1. The summed E-state index contributed by atoms with van der Waals surface area (Å²) < 4.78 is 32.7. The van der Waals surface area contributed by atoms with E-state index in [2.05, 4.69) is 10.0 Å².